The molecule has 1 aromatic heterocycles. The Morgan fingerprint density at radius 3 is 2.53 bits per heavy atom. The van der Waals surface area contributed by atoms with Crippen molar-refractivity contribution in [2.45, 2.75) is 45.6 Å². The summed E-state index contributed by atoms with van der Waals surface area (Å²) in [5, 5.41) is 12.1. The van der Waals surface area contributed by atoms with Gasteiger partial charge in [0.05, 0.1) is 0 Å². The number of carboxylic acid groups (broad SMARTS) is 1. The molecule has 1 atom stereocenters. The van der Waals surface area contributed by atoms with Gasteiger partial charge in [-0.15, -0.1) is 0 Å². The van der Waals surface area contributed by atoms with Crippen LogP contribution in [0.3, 0.4) is 0 Å². The predicted molar refractivity (Wildman–Crippen MR) is 116 cm³/mol. The van der Waals surface area contributed by atoms with Gasteiger partial charge >= 0.3 is 12.0 Å². The number of nitrogens with one attached hydrogen (secondary N) is 1. The van der Waals surface area contributed by atoms with E-state index in [0.29, 0.717) is 19.0 Å². The highest BCUT2D eigenvalue weighted by molar-refractivity contribution is 5.92. The van der Waals surface area contributed by atoms with Crippen LogP contribution in [0.4, 0.5) is 10.5 Å². The Bertz CT molecular complexity index is 826. The van der Waals surface area contributed by atoms with Crippen molar-refractivity contribution in [2.24, 2.45) is 0 Å². The summed E-state index contributed by atoms with van der Waals surface area (Å²) >= 11 is 0. The Hall–Kier alpha value is -3.00. The highest BCUT2D eigenvalue weighted by Gasteiger charge is 2.19. The molecule has 0 aliphatic heterocycles. The molecule has 30 heavy (non-hydrogen) atoms. The molecule has 0 radical (unpaired) electrons. The fourth-order valence-corrected chi connectivity index (χ4v) is 2.89. The van der Waals surface area contributed by atoms with Crippen LogP contribution in [-0.4, -0.2) is 53.4 Å². The normalized spacial score (nSPS) is 11.7. The van der Waals surface area contributed by atoms with E-state index in [0.717, 1.165) is 36.1 Å². The number of aliphatic carboxylic acids is 1. The first-order valence-corrected chi connectivity index (χ1v) is 10.2. The number of hydrogen-bond donors (Lipinski definition) is 2. The van der Waals surface area contributed by atoms with Crippen molar-refractivity contribution in [1.82, 2.24) is 15.3 Å². The van der Waals surface area contributed by atoms with E-state index in [1.807, 2.05) is 24.3 Å². The van der Waals surface area contributed by atoms with Crippen LogP contribution in [-0.2, 0) is 16.0 Å². The lowest BCUT2D eigenvalue weighted by Gasteiger charge is -2.19. The minimum Gasteiger partial charge on any atom is -0.479 e. The second-order valence-electron chi connectivity index (χ2n) is 6.92. The maximum absolute atomic E-state index is 12.3. The fraction of sp³-hybridized carbons (Fsp3) is 0.455. The van der Waals surface area contributed by atoms with E-state index in [1.165, 1.54) is 0 Å². The van der Waals surface area contributed by atoms with Crippen molar-refractivity contribution in [2.75, 3.05) is 25.1 Å². The van der Waals surface area contributed by atoms with Crippen molar-refractivity contribution < 1.29 is 19.4 Å². The Labute approximate surface area is 177 Å². The molecule has 2 N–H and O–H groups in total. The standard InChI is InChI=1S/C22H30N4O4/c1-4-6-7-11-23-22(29)26(3)18-10-8-9-16(12-18)17-14-24-20(25-15-17)13-19(21(27)28)30-5-2/h8-10,12,14-15,19H,4-7,11,13H2,1-3H3,(H,23,29)(H,27,28)/t19-/m0/s1. The smallest absolute Gasteiger partial charge is 0.333 e. The summed E-state index contributed by atoms with van der Waals surface area (Å²) in [7, 11) is 1.73. The van der Waals surface area contributed by atoms with Gasteiger partial charge in [0, 0.05) is 50.3 Å². The SMILES string of the molecule is CCCCCNC(=O)N(C)c1cccc(-c2cnc(C[C@H](OCC)C(=O)O)nc2)c1. The quantitative estimate of drug-likeness (QED) is 0.545. The minimum atomic E-state index is -1.03. The number of nitrogens with zero attached hydrogens (tertiary/aromatic N) is 3. The van der Waals surface area contributed by atoms with Gasteiger partial charge < -0.3 is 15.2 Å². The number of carboxylic acids is 1. The first-order valence-electron chi connectivity index (χ1n) is 10.2. The third-order valence-electron chi connectivity index (χ3n) is 4.64. The summed E-state index contributed by atoms with van der Waals surface area (Å²) < 4.78 is 5.21. The van der Waals surface area contributed by atoms with Gasteiger partial charge in [0.1, 0.15) is 5.82 Å². The number of unbranched alkanes of at least 4 members (excludes halogenated alkanes) is 2. The molecule has 2 amide bonds. The summed E-state index contributed by atoms with van der Waals surface area (Å²) in [4.78, 5) is 33.7. The Morgan fingerprint density at radius 1 is 1.17 bits per heavy atom. The summed E-state index contributed by atoms with van der Waals surface area (Å²) in [5.74, 6) is -0.632. The molecule has 0 bridgehead atoms. The number of benzene rings is 1. The maximum Gasteiger partial charge on any atom is 0.333 e. The average Bonchev–Trinajstić information content (AvgIpc) is 2.76. The molecule has 0 saturated carbocycles. The van der Waals surface area contributed by atoms with E-state index >= 15 is 0 Å². The van der Waals surface area contributed by atoms with Crippen molar-refractivity contribution in [3.8, 4) is 11.1 Å². The lowest BCUT2D eigenvalue weighted by Crippen LogP contribution is -2.37. The van der Waals surface area contributed by atoms with Crippen LogP contribution in [0.25, 0.3) is 11.1 Å². The van der Waals surface area contributed by atoms with Gasteiger partial charge in [-0.05, 0) is 31.0 Å². The van der Waals surface area contributed by atoms with Gasteiger partial charge in [-0.1, -0.05) is 31.9 Å². The summed E-state index contributed by atoms with van der Waals surface area (Å²) in [6, 6.07) is 7.39. The number of anilines is 1. The molecular weight excluding hydrogens is 384 g/mol. The van der Waals surface area contributed by atoms with E-state index in [9.17, 15) is 14.7 Å². The summed E-state index contributed by atoms with van der Waals surface area (Å²) in [6.45, 7) is 4.83. The number of amides is 2. The zero-order valence-corrected chi connectivity index (χ0v) is 17.8. The van der Waals surface area contributed by atoms with Crippen molar-refractivity contribution in [3.05, 3.63) is 42.5 Å². The van der Waals surface area contributed by atoms with E-state index in [1.54, 1.807) is 31.3 Å². The molecule has 1 aromatic carbocycles. The Kier molecular flexibility index (Phi) is 9.21. The molecule has 0 saturated heterocycles. The number of urea groups is 1. The first-order chi connectivity index (χ1) is 14.5. The first kappa shape index (κ1) is 23.3. The van der Waals surface area contributed by atoms with Crippen molar-refractivity contribution in [3.63, 3.8) is 0 Å². The van der Waals surface area contributed by atoms with Crippen LogP contribution >= 0.6 is 0 Å². The molecule has 0 spiro atoms. The highest BCUT2D eigenvalue weighted by atomic mass is 16.5. The lowest BCUT2D eigenvalue weighted by atomic mass is 10.1. The number of hydrogen-bond acceptors (Lipinski definition) is 5. The van der Waals surface area contributed by atoms with Crippen LogP contribution in [0.15, 0.2) is 36.7 Å². The molecule has 0 fully saturated rings. The van der Waals surface area contributed by atoms with E-state index in [4.69, 9.17) is 4.74 Å². The third-order valence-corrected chi connectivity index (χ3v) is 4.64. The average molecular weight is 415 g/mol. The van der Waals surface area contributed by atoms with Crippen LogP contribution in [0.1, 0.15) is 38.9 Å². The molecular formula is C22H30N4O4. The topological polar surface area (TPSA) is 105 Å². The Balaban J connectivity index is 2.06. The molecule has 2 rings (SSSR count). The maximum atomic E-state index is 12.3. The van der Waals surface area contributed by atoms with Crippen LogP contribution in [0.2, 0.25) is 0 Å². The van der Waals surface area contributed by atoms with Gasteiger partial charge in [0.2, 0.25) is 0 Å². The van der Waals surface area contributed by atoms with Gasteiger partial charge in [-0.3, -0.25) is 4.90 Å². The molecule has 8 nitrogen and oxygen atoms in total. The van der Waals surface area contributed by atoms with Crippen LogP contribution in [0.5, 0.6) is 0 Å². The van der Waals surface area contributed by atoms with E-state index in [2.05, 4.69) is 22.2 Å². The number of carbonyl (C=O) groups excluding carboxylic acids is 1. The lowest BCUT2D eigenvalue weighted by molar-refractivity contribution is -0.150. The molecule has 1 heterocycles. The van der Waals surface area contributed by atoms with Crippen molar-refractivity contribution in [1.29, 1.82) is 0 Å². The zero-order valence-electron chi connectivity index (χ0n) is 17.8. The highest BCUT2D eigenvalue weighted by Crippen LogP contribution is 2.23. The number of aromatic nitrogens is 2. The molecule has 0 unspecified atom stereocenters. The monoisotopic (exact) mass is 414 g/mol. The molecule has 2 aromatic rings. The predicted octanol–water partition coefficient (Wildman–Crippen LogP) is 3.51. The minimum absolute atomic E-state index is 0.102. The van der Waals surface area contributed by atoms with Gasteiger partial charge in [0.15, 0.2) is 6.10 Å². The molecule has 0 aliphatic carbocycles. The Morgan fingerprint density at radius 2 is 1.90 bits per heavy atom. The molecule has 0 aliphatic rings. The molecule has 8 heteroatoms. The van der Waals surface area contributed by atoms with Gasteiger partial charge in [0.25, 0.3) is 0 Å². The fourth-order valence-electron chi connectivity index (χ4n) is 2.89. The van der Waals surface area contributed by atoms with Gasteiger partial charge in [-0.2, -0.15) is 0 Å². The summed E-state index contributed by atoms with van der Waals surface area (Å²) in [5.41, 5.74) is 2.40. The van der Waals surface area contributed by atoms with Crippen molar-refractivity contribution >= 4 is 17.7 Å². The van der Waals surface area contributed by atoms with Crippen LogP contribution < -0.4 is 10.2 Å². The van der Waals surface area contributed by atoms with E-state index in [-0.39, 0.29) is 12.5 Å². The van der Waals surface area contributed by atoms with E-state index < -0.39 is 12.1 Å². The second-order valence-corrected chi connectivity index (χ2v) is 6.92. The zero-order chi connectivity index (χ0) is 21.9. The number of carbonyl (C=O) groups is 2. The number of ether oxygens (including phenoxy) is 1. The number of rotatable bonds is 11. The largest absolute Gasteiger partial charge is 0.479 e. The third kappa shape index (κ3) is 6.81. The van der Waals surface area contributed by atoms with Crippen LogP contribution in [0, 0.1) is 0 Å². The molecule has 162 valence electrons. The summed E-state index contributed by atoms with van der Waals surface area (Å²) in [6.07, 6.45) is 5.60. The second kappa shape index (κ2) is 11.9. The van der Waals surface area contributed by atoms with Gasteiger partial charge in [-0.25, -0.2) is 19.6 Å².